The van der Waals surface area contributed by atoms with E-state index >= 15 is 0 Å². The number of aromatic amines is 1. The van der Waals surface area contributed by atoms with E-state index in [9.17, 15) is 97.8 Å². The minimum atomic E-state index is -1.93. The average Bonchev–Trinajstić information content (AvgIpc) is 1.63. The van der Waals surface area contributed by atoms with Gasteiger partial charge in [0.1, 0.15) is 66.5 Å². The highest BCUT2D eigenvalue weighted by Gasteiger charge is 2.46. The Balaban J connectivity index is 1.33. The average molecular weight is 1430 g/mol. The van der Waals surface area contributed by atoms with E-state index in [0.29, 0.717) is 22.2 Å². The zero-order chi connectivity index (χ0) is 74.4. The van der Waals surface area contributed by atoms with Crippen molar-refractivity contribution >= 4 is 111 Å². The van der Waals surface area contributed by atoms with Crippen LogP contribution >= 0.6 is 11.8 Å². The number of aliphatic imine (C=N–C) groups is 1. The monoisotopic (exact) mass is 1430 g/mol. The molecule has 16 atom stereocenters. The summed E-state index contributed by atoms with van der Waals surface area (Å²) in [5.74, 6) is -14.7. The highest BCUT2D eigenvalue weighted by molar-refractivity contribution is 7.98. The summed E-state index contributed by atoms with van der Waals surface area (Å²) in [6.07, 6.45) is -4.66. The topological polar surface area (TPSA) is 599 Å². The fourth-order valence-corrected chi connectivity index (χ4v) is 12.4. The van der Waals surface area contributed by atoms with Gasteiger partial charge in [-0.2, -0.15) is 11.8 Å². The number of aliphatic carboxylic acids is 2. The van der Waals surface area contributed by atoms with Crippen LogP contribution in [0.4, 0.5) is 0 Å². The van der Waals surface area contributed by atoms with Crippen molar-refractivity contribution in [1.82, 2.24) is 62.2 Å². The zero-order valence-corrected chi connectivity index (χ0v) is 57.1. The highest BCUT2D eigenvalue weighted by atomic mass is 32.2. The number of primary amides is 1. The number of likely N-dealkylation sites (tertiary alicyclic amines) is 3. The third-order valence-corrected chi connectivity index (χ3v) is 17.9. The molecule has 12 amide bonds. The number of benzene rings is 1. The van der Waals surface area contributed by atoms with E-state index < -0.39 is 199 Å². The number of carbonyl (C=O) groups is 14. The van der Waals surface area contributed by atoms with Gasteiger partial charge in [0.05, 0.1) is 36.9 Å². The van der Waals surface area contributed by atoms with Gasteiger partial charge < -0.3 is 116 Å². The van der Waals surface area contributed by atoms with Gasteiger partial charge in [0, 0.05) is 56.1 Å². The zero-order valence-electron chi connectivity index (χ0n) is 56.3. The first-order valence-corrected chi connectivity index (χ1v) is 34.2. The summed E-state index contributed by atoms with van der Waals surface area (Å²) >= 11 is 1.41. The molecule has 37 nitrogen and oxygen atoms in total. The van der Waals surface area contributed by atoms with Gasteiger partial charge in [-0.15, -0.1) is 0 Å². The number of aromatic nitrogens is 1. The Bertz CT molecular complexity index is 3310. The predicted octanol–water partition coefficient (Wildman–Crippen LogP) is -6.96. The quantitative estimate of drug-likeness (QED) is 0.0169. The number of rotatable bonds is 38. The molecule has 0 aliphatic carbocycles. The molecule has 1 aromatic heterocycles. The maximum absolute atomic E-state index is 14.7. The van der Waals surface area contributed by atoms with Crippen molar-refractivity contribution in [3.63, 3.8) is 0 Å². The van der Waals surface area contributed by atoms with Crippen molar-refractivity contribution in [2.24, 2.45) is 27.9 Å². The molecule has 3 fully saturated rings. The number of carbonyl (C=O) groups excluding carboxylic acids is 12. The van der Waals surface area contributed by atoms with Crippen LogP contribution in [-0.4, -0.2) is 274 Å². The van der Waals surface area contributed by atoms with Crippen LogP contribution in [0.2, 0.25) is 0 Å². The minimum absolute atomic E-state index is 0.00299. The molecule has 3 saturated heterocycles. The Morgan fingerprint density at radius 2 is 1.00 bits per heavy atom. The van der Waals surface area contributed by atoms with E-state index in [1.54, 1.807) is 36.7 Å². The molecule has 0 radical (unpaired) electrons. The van der Waals surface area contributed by atoms with Crippen LogP contribution in [0, 0.1) is 0 Å². The number of amides is 12. The van der Waals surface area contributed by atoms with Gasteiger partial charge in [-0.25, -0.2) is 4.79 Å². The van der Waals surface area contributed by atoms with Gasteiger partial charge in [0.25, 0.3) is 0 Å². The van der Waals surface area contributed by atoms with Gasteiger partial charge in [0.2, 0.25) is 70.9 Å². The van der Waals surface area contributed by atoms with E-state index in [0.717, 1.165) is 35.5 Å². The molecule has 2 aromatic rings. The molecule has 100 heavy (non-hydrogen) atoms. The number of para-hydroxylation sites is 1. The number of nitrogens with zero attached hydrogens (tertiary/aromatic N) is 4. The van der Waals surface area contributed by atoms with Crippen molar-refractivity contribution in [1.29, 1.82) is 0 Å². The SMILES string of the molecule is CSCC[C@H](N)C(=O)N[C@H](C(=O)N[C@@H](CCC(N)=O)C(=O)N[C@H](C(=O)N1CCC[C@H]1C(=O)N[C@@H](CCCN=C(N)N)C(=O)N[C@H](C(=O)N[C@H](C(=O)N1CCC[C@H]1C(=O)N[C@@H](Cc1c[nH]c2ccccc12)C(=O)N1CCC[C@H]1C(=O)N[C@@H](CC(=O)O)C(=O)O)[C@@H](C)O)[C@@H](C)O)[C@@H](C)O)[C@@H](C)O. The lowest BCUT2D eigenvalue weighted by Gasteiger charge is -2.33. The number of thioether (sulfide) groups is 1. The second-order valence-electron chi connectivity index (χ2n) is 25.1. The summed E-state index contributed by atoms with van der Waals surface area (Å²) in [6.45, 7) is 4.25. The number of H-pyrrole nitrogens is 1. The number of hydrogen-bond donors (Lipinski definition) is 19. The Labute approximate surface area is 579 Å². The summed E-state index contributed by atoms with van der Waals surface area (Å²) < 4.78 is 0. The molecular formula is C62H95N17O20S. The fourth-order valence-electron chi connectivity index (χ4n) is 11.9. The first-order chi connectivity index (χ1) is 47.2. The number of aliphatic hydroxyl groups excluding tert-OH is 4. The maximum Gasteiger partial charge on any atom is 0.326 e. The minimum Gasteiger partial charge on any atom is -0.481 e. The Kier molecular flexibility index (Phi) is 31.2. The number of fused-ring (bicyclic) bond motifs is 1. The van der Waals surface area contributed by atoms with Gasteiger partial charge in [0.15, 0.2) is 5.96 Å². The molecule has 3 aliphatic heterocycles. The number of nitrogens with two attached hydrogens (primary N) is 4. The second-order valence-corrected chi connectivity index (χ2v) is 26.0. The Hall–Kier alpha value is -9.24. The molecule has 3 aliphatic rings. The predicted molar refractivity (Wildman–Crippen MR) is 358 cm³/mol. The highest BCUT2D eigenvalue weighted by Crippen LogP contribution is 2.26. The standard InChI is InChI=1S/C62H95N17O20S/c1-29(80)46(73-50(87)35(63)20-25-100-5)56(93)70-38(18-19-44(64)84)52(89)75-48(31(3)82)59(96)78-23-10-16-42(78)53(90)69-37(14-8-21-67-62(65)66)51(88)74-47(30(2)81)57(94)76-49(32(4)83)60(97)79-24-11-17-43(79)54(91)71-39(26-33-28-68-36-13-7-6-12-34(33)36)58(95)77-22-9-15-41(77)55(92)72-40(61(98)99)27-45(85)86/h6-7,12-13,28-32,35,37-43,46-49,68,80-83H,8-11,14-27,63H2,1-5H3,(H2,64,84)(H,69,90)(H,70,93)(H,71,91)(H,72,92)(H,73,87)(H,74,88)(H,75,89)(H,76,94)(H,85,86)(H,98,99)(H4,65,66,67)/t29-,30-,31-,32-,35+,37+,38+,39+,40+,41+,42+,43+,46+,47+,48+,49+/m1/s1. The number of aliphatic hydroxyl groups is 4. The van der Waals surface area contributed by atoms with Crippen LogP contribution in [0.1, 0.15) is 110 Å². The first kappa shape index (κ1) is 81.4. The molecule has 38 heteroatoms. The number of nitrogens with one attached hydrogen (secondary N) is 9. The summed E-state index contributed by atoms with van der Waals surface area (Å²) in [7, 11) is 0. The second kappa shape index (κ2) is 38.4. The van der Waals surface area contributed by atoms with E-state index in [1.165, 1.54) is 18.7 Å². The molecular weight excluding hydrogens is 1330 g/mol. The molecule has 0 spiro atoms. The summed E-state index contributed by atoms with van der Waals surface area (Å²) in [5.41, 5.74) is 23.6. The van der Waals surface area contributed by atoms with Crippen LogP contribution < -0.4 is 65.5 Å². The van der Waals surface area contributed by atoms with Gasteiger partial charge in [-0.05, 0) is 116 Å². The van der Waals surface area contributed by atoms with E-state index in [-0.39, 0.29) is 96.3 Å². The number of guanidine groups is 1. The molecule has 554 valence electrons. The molecule has 0 bridgehead atoms. The Morgan fingerprint density at radius 3 is 1.47 bits per heavy atom. The summed E-state index contributed by atoms with van der Waals surface area (Å²) in [5, 5.41) is 82.6. The van der Waals surface area contributed by atoms with Crippen molar-refractivity contribution in [3.8, 4) is 0 Å². The number of carboxylic acid groups (broad SMARTS) is 2. The summed E-state index contributed by atoms with van der Waals surface area (Å²) in [6, 6.07) is -11.8. The lowest BCUT2D eigenvalue weighted by molar-refractivity contribution is -0.148. The number of carboxylic acids is 2. The van der Waals surface area contributed by atoms with E-state index in [1.807, 2.05) is 0 Å². The molecule has 1 aromatic carbocycles. The maximum atomic E-state index is 14.7. The van der Waals surface area contributed by atoms with Gasteiger partial charge in [-0.3, -0.25) is 67.3 Å². The Morgan fingerprint density at radius 1 is 0.560 bits per heavy atom. The first-order valence-electron chi connectivity index (χ1n) is 32.8. The van der Waals surface area contributed by atoms with Crippen LogP contribution in [0.15, 0.2) is 35.5 Å². The van der Waals surface area contributed by atoms with E-state index in [2.05, 4.69) is 52.5 Å². The van der Waals surface area contributed by atoms with Crippen molar-refractivity contribution in [2.45, 2.75) is 208 Å². The van der Waals surface area contributed by atoms with Gasteiger partial charge >= 0.3 is 11.9 Å². The van der Waals surface area contributed by atoms with Crippen LogP contribution in [0.5, 0.6) is 0 Å². The van der Waals surface area contributed by atoms with Crippen LogP contribution in [-0.2, 0) is 73.5 Å². The molecule has 0 unspecified atom stereocenters. The molecule has 5 rings (SSSR count). The lowest BCUT2D eigenvalue weighted by Crippen LogP contribution is -2.63. The molecule has 0 saturated carbocycles. The third-order valence-electron chi connectivity index (χ3n) is 17.3. The van der Waals surface area contributed by atoms with Crippen LogP contribution in [0.25, 0.3) is 10.9 Å². The molecule has 4 heterocycles. The van der Waals surface area contributed by atoms with Crippen molar-refractivity contribution < 1.29 is 97.8 Å². The largest absolute Gasteiger partial charge is 0.481 e. The number of hydrogen-bond acceptors (Lipinski definition) is 21. The van der Waals surface area contributed by atoms with Gasteiger partial charge in [-0.1, -0.05) is 18.2 Å². The lowest BCUT2D eigenvalue weighted by atomic mass is 10.0. The normalized spacial score (nSPS) is 19.8. The smallest absolute Gasteiger partial charge is 0.326 e. The molecule has 23 N–H and O–H groups in total. The fraction of sp³-hybridized carbons (Fsp3) is 0.629. The summed E-state index contributed by atoms with van der Waals surface area (Å²) in [4.78, 5) is 201. The van der Waals surface area contributed by atoms with Crippen molar-refractivity contribution in [2.75, 3.05) is 38.2 Å². The third kappa shape index (κ3) is 22.9. The van der Waals surface area contributed by atoms with Crippen LogP contribution in [0.3, 0.4) is 0 Å². The van der Waals surface area contributed by atoms with Crippen molar-refractivity contribution in [3.05, 3.63) is 36.0 Å². The van der Waals surface area contributed by atoms with E-state index in [4.69, 9.17) is 22.9 Å².